The van der Waals surface area contributed by atoms with Gasteiger partial charge < -0.3 is 11.1 Å². The molecule has 1 saturated carbocycles. The van der Waals surface area contributed by atoms with Gasteiger partial charge in [-0.1, -0.05) is 30.8 Å². The monoisotopic (exact) mass is 288 g/mol. The van der Waals surface area contributed by atoms with Crippen LogP contribution in [0.2, 0.25) is 0 Å². The lowest BCUT2D eigenvalue weighted by Gasteiger charge is -2.39. The lowest BCUT2D eigenvalue weighted by molar-refractivity contribution is -0.125. The molecule has 3 N–H and O–H groups in total. The van der Waals surface area contributed by atoms with Crippen molar-refractivity contribution in [1.29, 1.82) is 0 Å². The number of hydrogen-bond donors (Lipinski definition) is 2. The molecule has 1 aromatic carbocycles. The van der Waals surface area contributed by atoms with Gasteiger partial charge in [0.25, 0.3) is 0 Å². The topological polar surface area (TPSA) is 55.1 Å². The van der Waals surface area contributed by atoms with Crippen LogP contribution in [0.25, 0.3) is 0 Å². The predicted molar refractivity (Wildman–Crippen MR) is 84.8 cm³/mol. The van der Waals surface area contributed by atoms with E-state index in [2.05, 4.69) is 11.4 Å². The maximum atomic E-state index is 12.6. The summed E-state index contributed by atoms with van der Waals surface area (Å²) in [5.74, 6) is -0.0183. The van der Waals surface area contributed by atoms with Crippen LogP contribution in [-0.4, -0.2) is 10.9 Å². The van der Waals surface area contributed by atoms with Gasteiger partial charge in [0, 0.05) is 5.69 Å². The van der Waals surface area contributed by atoms with Gasteiger partial charge in [-0.15, -0.1) is 0 Å². The first-order valence-corrected chi connectivity index (χ1v) is 7.76. The molecule has 20 heavy (non-hydrogen) atoms. The summed E-state index contributed by atoms with van der Waals surface area (Å²) >= 11 is 5.11. The third kappa shape index (κ3) is 2.12. The van der Waals surface area contributed by atoms with Gasteiger partial charge in [0.1, 0.15) is 0 Å². The molecule has 3 nitrogen and oxygen atoms in total. The van der Waals surface area contributed by atoms with Crippen LogP contribution in [0.15, 0.2) is 18.2 Å². The molecule has 1 fully saturated rings. The van der Waals surface area contributed by atoms with E-state index in [0.717, 1.165) is 37.8 Å². The highest BCUT2D eigenvalue weighted by molar-refractivity contribution is 7.80. The highest BCUT2D eigenvalue weighted by Gasteiger charge is 2.47. The zero-order valence-corrected chi connectivity index (χ0v) is 12.4. The molecule has 0 heterocycles. The Morgan fingerprint density at radius 1 is 1.20 bits per heavy atom. The third-order valence-corrected chi connectivity index (χ3v) is 5.15. The van der Waals surface area contributed by atoms with E-state index in [4.69, 9.17) is 18.0 Å². The molecule has 0 saturated heterocycles. The Balaban J connectivity index is 1.85. The molecule has 2 aliphatic rings. The van der Waals surface area contributed by atoms with Crippen molar-refractivity contribution in [2.75, 3.05) is 5.32 Å². The molecule has 0 bridgehead atoms. The molecule has 0 unspecified atom stereocenters. The Morgan fingerprint density at radius 3 is 2.60 bits per heavy atom. The van der Waals surface area contributed by atoms with Crippen LogP contribution < -0.4 is 11.1 Å². The van der Waals surface area contributed by atoms with Gasteiger partial charge in [-0.2, -0.15) is 0 Å². The van der Waals surface area contributed by atoms with Gasteiger partial charge in [0.05, 0.1) is 10.4 Å². The molecule has 106 valence electrons. The number of carbonyl (C=O) groups excluding carboxylic acids is 1. The number of aryl methyl sites for hydroxylation is 1. The van der Waals surface area contributed by atoms with Crippen LogP contribution >= 0.6 is 12.2 Å². The molecule has 0 spiro atoms. The molecule has 3 rings (SSSR count). The minimum absolute atomic E-state index is 0.0183. The average Bonchev–Trinajstić information content (AvgIpc) is 2.37. The second-order valence-electron chi connectivity index (χ2n) is 5.90. The number of rotatable bonds is 3. The highest BCUT2D eigenvalue weighted by Crippen LogP contribution is 2.42. The Bertz CT molecular complexity index is 564. The second kappa shape index (κ2) is 5.17. The van der Waals surface area contributed by atoms with E-state index in [1.54, 1.807) is 0 Å². The average molecular weight is 288 g/mol. The SMILES string of the molecule is NC(=S)C1(C(=O)Nc2cccc3c2CCCC3)CCC1. The summed E-state index contributed by atoms with van der Waals surface area (Å²) in [7, 11) is 0. The molecule has 2 aliphatic carbocycles. The molecule has 1 aromatic rings. The molecule has 4 heteroatoms. The van der Waals surface area contributed by atoms with Gasteiger partial charge >= 0.3 is 0 Å². The van der Waals surface area contributed by atoms with Gasteiger partial charge in [-0.3, -0.25) is 4.79 Å². The first-order chi connectivity index (χ1) is 9.63. The molecule has 1 amide bonds. The van der Waals surface area contributed by atoms with Gasteiger partial charge in [0.15, 0.2) is 0 Å². The minimum Gasteiger partial charge on any atom is -0.392 e. The molecule has 0 aliphatic heterocycles. The lowest BCUT2D eigenvalue weighted by Crippen LogP contribution is -2.50. The Hall–Kier alpha value is -1.42. The van der Waals surface area contributed by atoms with E-state index in [9.17, 15) is 4.79 Å². The van der Waals surface area contributed by atoms with Crippen LogP contribution in [-0.2, 0) is 17.6 Å². The molecule has 0 aromatic heterocycles. The minimum atomic E-state index is -0.604. The molecular weight excluding hydrogens is 268 g/mol. The highest BCUT2D eigenvalue weighted by atomic mass is 32.1. The smallest absolute Gasteiger partial charge is 0.237 e. The van der Waals surface area contributed by atoms with Crippen molar-refractivity contribution in [3.05, 3.63) is 29.3 Å². The number of amides is 1. The zero-order valence-electron chi connectivity index (χ0n) is 11.6. The van der Waals surface area contributed by atoms with Crippen LogP contribution in [0, 0.1) is 5.41 Å². The Kier molecular flexibility index (Phi) is 3.50. The van der Waals surface area contributed by atoms with Crippen LogP contribution in [0.1, 0.15) is 43.2 Å². The van der Waals surface area contributed by atoms with Crippen molar-refractivity contribution in [2.24, 2.45) is 11.1 Å². The van der Waals surface area contributed by atoms with E-state index in [1.807, 2.05) is 12.1 Å². The number of nitrogens with two attached hydrogens (primary N) is 1. The Morgan fingerprint density at radius 2 is 1.95 bits per heavy atom. The van der Waals surface area contributed by atoms with Gasteiger partial charge in [-0.05, 0) is 55.7 Å². The number of nitrogens with one attached hydrogen (secondary N) is 1. The standard InChI is InChI=1S/C16H20N2OS/c17-14(20)16(9-4-10-16)15(19)18-13-8-3-6-11-5-1-2-7-12(11)13/h3,6,8H,1-2,4-5,7,9-10H2,(H2,17,20)(H,18,19). The largest absolute Gasteiger partial charge is 0.392 e. The second-order valence-corrected chi connectivity index (χ2v) is 6.34. The number of carbonyl (C=O) groups is 1. The maximum absolute atomic E-state index is 12.6. The van der Waals surface area contributed by atoms with E-state index < -0.39 is 5.41 Å². The quantitative estimate of drug-likeness (QED) is 0.841. The summed E-state index contributed by atoms with van der Waals surface area (Å²) in [4.78, 5) is 12.9. The number of thiocarbonyl (C=S) groups is 1. The van der Waals surface area contributed by atoms with Gasteiger partial charge in [-0.25, -0.2) is 0 Å². The first-order valence-electron chi connectivity index (χ1n) is 7.36. The molecule has 0 radical (unpaired) electrons. The summed E-state index contributed by atoms with van der Waals surface area (Å²) in [6.07, 6.45) is 7.18. The summed E-state index contributed by atoms with van der Waals surface area (Å²) < 4.78 is 0. The number of hydrogen-bond acceptors (Lipinski definition) is 2. The number of benzene rings is 1. The normalized spacial score (nSPS) is 19.6. The van der Waals surface area contributed by atoms with E-state index in [0.29, 0.717) is 4.99 Å². The van der Waals surface area contributed by atoms with E-state index in [-0.39, 0.29) is 5.91 Å². The van der Waals surface area contributed by atoms with Gasteiger partial charge in [0.2, 0.25) is 5.91 Å². The molecule has 0 atom stereocenters. The third-order valence-electron chi connectivity index (χ3n) is 4.76. The Labute approximate surface area is 124 Å². The summed E-state index contributed by atoms with van der Waals surface area (Å²) in [6, 6.07) is 6.18. The summed E-state index contributed by atoms with van der Waals surface area (Å²) in [5.41, 5.74) is 8.81. The van der Waals surface area contributed by atoms with Crippen LogP contribution in [0.4, 0.5) is 5.69 Å². The maximum Gasteiger partial charge on any atom is 0.237 e. The van der Waals surface area contributed by atoms with E-state index in [1.165, 1.54) is 24.0 Å². The summed E-state index contributed by atoms with van der Waals surface area (Å²) in [6.45, 7) is 0. The first kappa shape index (κ1) is 13.6. The van der Waals surface area contributed by atoms with Crippen molar-refractivity contribution in [2.45, 2.75) is 44.9 Å². The van der Waals surface area contributed by atoms with Crippen molar-refractivity contribution in [3.63, 3.8) is 0 Å². The fourth-order valence-corrected chi connectivity index (χ4v) is 3.55. The van der Waals surface area contributed by atoms with E-state index >= 15 is 0 Å². The summed E-state index contributed by atoms with van der Waals surface area (Å²) in [5, 5.41) is 3.09. The predicted octanol–water partition coefficient (Wildman–Crippen LogP) is 2.96. The number of fused-ring (bicyclic) bond motifs is 1. The molecular formula is C16H20N2OS. The van der Waals surface area contributed by atoms with Crippen molar-refractivity contribution < 1.29 is 4.79 Å². The van der Waals surface area contributed by atoms with Crippen molar-refractivity contribution in [3.8, 4) is 0 Å². The lowest BCUT2D eigenvalue weighted by atomic mass is 9.68. The van der Waals surface area contributed by atoms with Crippen LogP contribution in [0.3, 0.4) is 0 Å². The van der Waals surface area contributed by atoms with Crippen molar-refractivity contribution in [1.82, 2.24) is 0 Å². The fraction of sp³-hybridized carbons (Fsp3) is 0.500. The fourth-order valence-electron chi connectivity index (χ4n) is 3.26. The zero-order chi connectivity index (χ0) is 14.2. The van der Waals surface area contributed by atoms with Crippen LogP contribution in [0.5, 0.6) is 0 Å². The number of anilines is 1. The van der Waals surface area contributed by atoms with Crippen molar-refractivity contribution >= 4 is 28.8 Å².